The maximum absolute atomic E-state index is 12.7. The maximum atomic E-state index is 12.7. The predicted molar refractivity (Wildman–Crippen MR) is 61.9 cm³/mol. The molecular weight excluding hydrogens is 209 g/mol. The van der Waals surface area contributed by atoms with Crippen molar-refractivity contribution < 1.29 is 9.50 Å². The van der Waals surface area contributed by atoms with E-state index in [4.69, 9.17) is 5.11 Å². The number of hydrogen-bond acceptors (Lipinski definition) is 4. The third-order valence-corrected chi connectivity index (χ3v) is 2.31. The molecule has 1 rings (SSSR count). The Balaban J connectivity index is 2.29. The van der Waals surface area contributed by atoms with Crippen molar-refractivity contribution in [2.24, 2.45) is 0 Å². The molecule has 5 heteroatoms. The molecule has 90 valence electrons. The quantitative estimate of drug-likeness (QED) is 0.681. The minimum Gasteiger partial charge on any atom is -0.395 e. The molecule has 2 N–H and O–H groups in total. The minimum absolute atomic E-state index is 0.159. The van der Waals surface area contributed by atoms with Crippen LogP contribution in [0.4, 0.5) is 10.2 Å². The van der Waals surface area contributed by atoms with E-state index in [1.165, 1.54) is 6.07 Å². The lowest BCUT2D eigenvalue weighted by Crippen LogP contribution is -2.31. The third-order valence-electron chi connectivity index (χ3n) is 2.31. The molecular formula is C11H18FN3O. The van der Waals surface area contributed by atoms with Crippen LogP contribution in [0.2, 0.25) is 0 Å². The molecule has 4 nitrogen and oxygen atoms in total. The van der Waals surface area contributed by atoms with Crippen molar-refractivity contribution in [2.45, 2.75) is 6.92 Å². The summed E-state index contributed by atoms with van der Waals surface area (Å²) in [5.41, 5.74) is 0. The number of anilines is 1. The van der Waals surface area contributed by atoms with Crippen LogP contribution in [0.5, 0.6) is 0 Å². The monoisotopic (exact) mass is 227 g/mol. The molecule has 1 aromatic heterocycles. The molecule has 0 amide bonds. The van der Waals surface area contributed by atoms with E-state index in [1.54, 1.807) is 12.1 Å². The summed E-state index contributed by atoms with van der Waals surface area (Å²) >= 11 is 0. The first-order valence-electron chi connectivity index (χ1n) is 5.46. The predicted octanol–water partition coefficient (Wildman–Crippen LogP) is 0.947. The Hall–Kier alpha value is -1.20. The number of rotatable bonds is 7. The second-order valence-corrected chi connectivity index (χ2v) is 3.43. The summed E-state index contributed by atoms with van der Waals surface area (Å²) in [6.07, 6.45) is 0. The Morgan fingerprint density at radius 2 is 2.25 bits per heavy atom. The molecule has 0 aliphatic rings. The summed E-state index contributed by atoms with van der Waals surface area (Å²) in [6, 6.07) is 4.66. The van der Waals surface area contributed by atoms with Gasteiger partial charge in [-0.3, -0.25) is 4.90 Å². The van der Waals surface area contributed by atoms with Crippen molar-refractivity contribution in [3.05, 3.63) is 24.1 Å². The average molecular weight is 227 g/mol. The number of nitrogens with zero attached hydrogens (tertiary/aromatic N) is 2. The van der Waals surface area contributed by atoms with E-state index in [9.17, 15) is 4.39 Å². The van der Waals surface area contributed by atoms with Gasteiger partial charge in [-0.05, 0) is 18.7 Å². The van der Waals surface area contributed by atoms with Gasteiger partial charge < -0.3 is 10.4 Å². The number of halogens is 1. The van der Waals surface area contributed by atoms with Crippen LogP contribution in [0, 0.1) is 5.95 Å². The highest BCUT2D eigenvalue weighted by molar-refractivity contribution is 5.33. The van der Waals surface area contributed by atoms with Gasteiger partial charge in [0.05, 0.1) is 6.61 Å². The number of aromatic nitrogens is 1. The number of pyridine rings is 1. The van der Waals surface area contributed by atoms with Crippen LogP contribution >= 0.6 is 0 Å². The molecule has 0 unspecified atom stereocenters. The lowest BCUT2D eigenvalue weighted by molar-refractivity contribution is 0.206. The fraction of sp³-hybridized carbons (Fsp3) is 0.545. The summed E-state index contributed by atoms with van der Waals surface area (Å²) in [5, 5.41) is 11.8. The van der Waals surface area contributed by atoms with E-state index in [2.05, 4.69) is 15.2 Å². The first-order chi connectivity index (χ1) is 7.76. The lowest BCUT2D eigenvalue weighted by Gasteiger charge is -2.19. The van der Waals surface area contributed by atoms with Gasteiger partial charge in [0.15, 0.2) is 0 Å². The van der Waals surface area contributed by atoms with Crippen LogP contribution in [0.25, 0.3) is 0 Å². The van der Waals surface area contributed by atoms with Crippen LogP contribution in [0.3, 0.4) is 0 Å². The Bertz CT molecular complexity index is 309. The summed E-state index contributed by atoms with van der Waals surface area (Å²) in [5.74, 6) is 0.0627. The van der Waals surface area contributed by atoms with Gasteiger partial charge in [-0.2, -0.15) is 4.39 Å². The topological polar surface area (TPSA) is 48.4 Å². The highest BCUT2D eigenvalue weighted by Crippen LogP contribution is 2.02. The van der Waals surface area contributed by atoms with Crippen molar-refractivity contribution in [3.63, 3.8) is 0 Å². The van der Waals surface area contributed by atoms with E-state index in [0.717, 1.165) is 13.1 Å². The molecule has 1 aromatic rings. The van der Waals surface area contributed by atoms with E-state index in [0.29, 0.717) is 18.9 Å². The average Bonchev–Trinajstić information content (AvgIpc) is 2.28. The third kappa shape index (κ3) is 4.55. The summed E-state index contributed by atoms with van der Waals surface area (Å²) in [7, 11) is 0. The lowest BCUT2D eigenvalue weighted by atomic mass is 10.4. The highest BCUT2D eigenvalue weighted by Gasteiger charge is 2.01. The minimum atomic E-state index is -0.479. The molecule has 0 atom stereocenters. The Morgan fingerprint density at radius 1 is 1.44 bits per heavy atom. The largest absolute Gasteiger partial charge is 0.395 e. The SMILES string of the molecule is CCN(CCO)CCNc1cccc(F)n1. The van der Waals surface area contributed by atoms with Crippen molar-refractivity contribution >= 4 is 5.82 Å². The highest BCUT2D eigenvalue weighted by atomic mass is 19.1. The van der Waals surface area contributed by atoms with Gasteiger partial charge >= 0.3 is 0 Å². The Morgan fingerprint density at radius 3 is 2.88 bits per heavy atom. The summed E-state index contributed by atoms with van der Waals surface area (Å²) in [6.45, 7) is 5.23. The molecule has 0 radical (unpaired) electrons. The van der Waals surface area contributed by atoms with E-state index in [-0.39, 0.29) is 6.61 Å². The molecule has 16 heavy (non-hydrogen) atoms. The fourth-order valence-corrected chi connectivity index (χ4v) is 1.42. The number of aliphatic hydroxyl groups is 1. The molecule has 1 heterocycles. The van der Waals surface area contributed by atoms with E-state index in [1.807, 2.05) is 6.92 Å². The van der Waals surface area contributed by atoms with E-state index < -0.39 is 5.95 Å². The first-order valence-corrected chi connectivity index (χ1v) is 5.46. The summed E-state index contributed by atoms with van der Waals surface area (Å²) < 4.78 is 12.7. The maximum Gasteiger partial charge on any atom is 0.214 e. The fourth-order valence-electron chi connectivity index (χ4n) is 1.42. The van der Waals surface area contributed by atoms with Gasteiger partial charge in [0.25, 0.3) is 0 Å². The number of hydrogen-bond donors (Lipinski definition) is 2. The standard InChI is InChI=1S/C11H18FN3O/c1-2-15(8-9-16)7-6-13-11-5-3-4-10(12)14-11/h3-5,16H,2,6-9H2,1H3,(H,13,14). The van der Waals surface area contributed by atoms with Gasteiger partial charge in [-0.15, -0.1) is 0 Å². The smallest absolute Gasteiger partial charge is 0.214 e. The number of aliphatic hydroxyl groups excluding tert-OH is 1. The zero-order valence-electron chi connectivity index (χ0n) is 9.49. The zero-order valence-corrected chi connectivity index (χ0v) is 9.49. The molecule has 0 aliphatic heterocycles. The van der Waals surface area contributed by atoms with Crippen molar-refractivity contribution in [3.8, 4) is 0 Å². The molecule has 0 saturated carbocycles. The van der Waals surface area contributed by atoms with Crippen molar-refractivity contribution in [2.75, 3.05) is 38.1 Å². The molecule has 0 aromatic carbocycles. The van der Waals surface area contributed by atoms with Gasteiger partial charge in [0.2, 0.25) is 5.95 Å². The second kappa shape index (κ2) is 7.14. The number of nitrogens with one attached hydrogen (secondary N) is 1. The number of likely N-dealkylation sites (N-methyl/N-ethyl adjacent to an activating group) is 1. The van der Waals surface area contributed by atoms with Gasteiger partial charge in [-0.1, -0.05) is 13.0 Å². The van der Waals surface area contributed by atoms with Crippen LogP contribution < -0.4 is 5.32 Å². The molecule has 0 aliphatic carbocycles. The van der Waals surface area contributed by atoms with Gasteiger partial charge in [0.1, 0.15) is 5.82 Å². The zero-order chi connectivity index (χ0) is 11.8. The van der Waals surface area contributed by atoms with Crippen LogP contribution in [-0.4, -0.2) is 47.8 Å². The van der Waals surface area contributed by atoms with Crippen LogP contribution in [0.15, 0.2) is 18.2 Å². The van der Waals surface area contributed by atoms with Crippen molar-refractivity contribution in [1.82, 2.24) is 9.88 Å². The molecule has 0 fully saturated rings. The van der Waals surface area contributed by atoms with Crippen molar-refractivity contribution in [1.29, 1.82) is 0 Å². The molecule has 0 spiro atoms. The second-order valence-electron chi connectivity index (χ2n) is 3.43. The summed E-state index contributed by atoms with van der Waals surface area (Å²) in [4.78, 5) is 5.80. The normalized spacial score (nSPS) is 10.8. The van der Waals surface area contributed by atoms with Gasteiger partial charge in [0, 0.05) is 19.6 Å². The Labute approximate surface area is 95.1 Å². The van der Waals surface area contributed by atoms with E-state index >= 15 is 0 Å². The molecule has 0 saturated heterocycles. The van der Waals surface area contributed by atoms with Crippen LogP contribution in [-0.2, 0) is 0 Å². The molecule has 0 bridgehead atoms. The first kappa shape index (κ1) is 12.9. The van der Waals surface area contributed by atoms with Crippen LogP contribution in [0.1, 0.15) is 6.92 Å². The van der Waals surface area contributed by atoms with Gasteiger partial charge in [-0.25, -0.2) is 4.98 Å². The Kier molecular flexibility index (Phi) is 5.74.